The van der Waals surface area contributed by atoms with Gasteiger partial charge in [0, 0.05) is 18.7 Å². The quantitative estimate of drug-likeness (QED) is 0.179. The standard InChI is InChI=1S/C36H44N4O5/c1-8-9-14-31-39-29-21-26(38-32(41)22-37-34(43)45-36(5,6)7)19-20-30(29)40(31)23-24-15-17-25(18-16-24)27-12-10-11-13-28(27)33(42)44-35(2,3)4/h10-13,15-21H,8-9,14,22-23H2,1-7H3,(H,37,43)(H,38,41). The summed E-state index contributed by atoms with van der Waals surface area (Å²) < 4.78 is 13.0. The first kappa shape index (κ1) is 33.2. The Labute approximate surface area is 265 Å². The molecule has 4 rings (SSSR count). The monoisotopic (exact) mass is 612 g/mol. The zero-order chi connectivity index (χ0) is 32.8. The van der Waals surface area contributed by atoms with Gasteiger partial charge in [0.15, 0.2) is 0 Å². The Kier molecular flexibility index (Phi) is 10.3. The number of fused-ring (bicyclic) bond motifs is 1. The normalized spacial score (nSPS) is 11.7. The summed E-state index contributed by atoms with van der Waals surface area (Å²) in [6.07, 6.45) is 2.23. The van der Waals surface area contributed by atoms with Crippen LogP contribution in [0, 0.1) is 0 Å². The number of carbonyl (C=O) groups is 3. The molecule has 9 heteroatoms. The predicted octanol–water partition coefficient (Wildman–Crippen LogP) is 7.51. The van der Waals surface area contributed by atoms with Crippen molar-refractivity contribution >= 4 is 34.7 Å². The van der Waals surface area contributed by atoms with Gasteiger partial charge in [0.1, 0.15) is 23.6 Å². The van der Waals surface area contributed by atoms with E-state index in [9.17, 15) is 14.4 Å². The van der Waals surface area contributed by atoms with E-state index >= 15 is 0 Å². The van der Waals surface area contributed by atoms with Gasteiger partial charge in [-0.3, -0.25) is 4.79 Å². The zero-order valence-electron chi connectivity index (χ0n) is 27.3. The lowest BCUT2D eigenvalue weighted by Crippen LogP contribution is -2.37. The number of anilines is 1. The SMILES string of the molecule is CCCCc1nc2cc(NC(=O)CNC(=O)OC(C)(C)C)ccc2n1Cc1ccc(-c2ccccc2C(=O)OC(C)(C)C)cc1. The van der Waals surface area contributed by atoms with E-state index in [0.29, 0.717) is 17.8 Å². The maximum Gasteiger partial charge on any atom is 0.408 e. The number of esters is 1. The molecule has 45 heavy (non-hydrogen) atoms. The number of alkyl carbamates (subject to hydrolysis) is 1. The minimum Gasteiger partial charge on any atom is -0.456 e. The summed E-state index contributed by atoms with van der Waals surface area (Å²) in [4.78, 5) is 42.2. The molecule has 0 aliphatic heterocycles. The van der Waals surface area contributed by atoms with Crippen LogP contribution in [0.15, 0.2) is 66.7 Å². The second kappa shape index (κ2) is 14.0. The van der Waals surface area contributed by atoms with Crippen LogP contribution in [0.5, 0.6) is 0 Å². The molecule has 0 spiro atoms. The maximum atomic E-state index is 12.9. The van der Waals surface area contributed by atoms with Crippen LogP contribution in [0.3, 0.4) is 0 Å². The molecule has 0 radical (unpaired) electrons. The van der Waals surface area contributed by atoms with E-state index in [1.54, 1.807) is 26.8 Å². The van der Waals surface area contributed by atoms with Crippen LogP contribution in [0.1, 0.15) is 83.1 Å². The first-order valence-electron chi connectivity index (χ1n) is 15.4. The molecule has 4 aromatic rings. The first-order valence-corrected chi connectivity index (χ1v) is 15.4. The van der Waals surface area contributed by atoms with Gasteiger partial charge < -0.3 is 24.7 Å². The average Bonchev–Trinajstić information content (AvgIpc) is 3.29. The van der Waals surface area contributed by atoms with Gasteiger partial charge in [-0.2, -0.15) is 0 Å². The molecule has 0 atom stereocenters. The molecule has 2 amide bonds. The largest absolute Gasteiger partial charge is 0.456 e. The number of unbranched alkanes of at least 4 members (excludes halogenated alkanes) is 1. The zero-order valence-corrected chi connectivity index (χ0v) is 27.3. The maximum absolute atomic E-state index is 12.9. The molecule has 0 saturated carbocycles. The van der Waals surface area contributed by atoms with Crippen molar-refractivity contribution < 1.29 is 23.9 Å². The molecule has 0 aliphatic rings. The fourth-order valence-electron chi connectivity index (χ4n) is 4.85. The molecule has 3 aromatic carbocycles. The Hall–Kier alpha value is -4.66. The van der Waals surface area contributed by atoms with Crippen LogP contribution in [0.25, 0.3) is 22.2 Å². The van der Waals surface area contributed by atoms with Gasteiger partial charge in [-0.05, 0) is 88.9 Å². The molecule has 0 fully saturated rings. The van der Waals surface area contributed by atoms with Gasteiger partial charge >= 0.3 is 12.1 Å². The second-order valence-corrected chi connectivity index (χ2v) is 13.1. The van der Waals surface area contributed by atoms with E-state index in [4.69, 9.17) is 14.5 Å². The number of hydrogen-bond acceptors (Lipinski definition) is 6. The highest BCUT2D eigenvalue weighted by Crippen LogP contribution is 2.28. The summed E-state index contributed by atoms with van der Waals surface area (Å²) in [5, 5.41) is 5.30. The second-order valence-electron chi connectivity index (χ2n) is 13.1. The molecule has 1 aromatic heterocycles. The summed E-state index contributed by atoms with van der Waals surface area (Å²) in [7, 11) is 0. The van der Waals surface area contributed by atoms with E-state index in [2.05, 4.69) is 34.3 Å². The Morgan fingerprint density at radius 3 is 2.22 bits per heavy atom. The van der Waals surface area contributed by atoms with E-state index in [-0.39, 0.29) is 18.4 Å². The lowest BCUT2D eigenvalue weighted by atomic mass is 9.98. The summed E-state index contributed by atoms with van der Waals surface area (Å²) in [5.74, 6) is 0.267. The number of hydrogen-bond donors (Lipinski definition) is 2. The van der Waals surface area contributed by atoms with Crippen molar-refractivity contribution in [3.8, 4) is 11.1 Å². The molecule has 2 N–H and O–H groups in total. The lowest BCUT2D eigenvalue weighted by molar-refractivity contribution is -0.115. The number of nitrogens with one attached hydrogen (secondary N) is 2. The number of benzene rings is 3. The summed E-state index contributed by atoms with van der Waals surface area (Å²) in [6.45, 7) is 13.4. The number of imidazole rings is 1. The van der Waals surface area contributed by atoms with Gasteiger partial charge in [0.2, 0.25) is 5.91 Å². The molecular formula is C36H44N4O5. The molecule has 0 aliphatic carbocycles. The highest BCUT2D eigenvalue weighted by atomic mass is 16.6. The molecule has 0 bridgehead atoms. The number of aryl methyl sites for hydroxylation is 1. The van der Waals surface area contributed by atoms with Crippen LogP contribution in [-0.4, -0.2) is 45.3 Å². The summed E-state index contributed by atoms with van der Waals surface area (Å²) in [6, 6.07) is 21.3. The number of carbonyl (C=O) groups excluding carboxylic acids is 3. The molecule has 1 heterocycles. The van der Waals surface area contributed by atoms with Crippen molar-refractivity contribution in [2.45, 2.75) is 85.5 Å². The van der Waals surface area contributed by atoms with Crippen LogP contribution in [0.2, 0.25) is 0 Å². The van der Waals surface area contributed by atoms with E-state index in [0.717, 1.165) is 52.8 Å². The third-order valence-corrected chi connectivity index (χ3v) is 6.81. The van der Waals surface area contributed by atoms with Crippen LogP contribution < -0.4 is 10.6 Å². The third kappa shape index (κ3) is 9.41. The number of nitrogens with zero attached hydrogens (tertiary/aromatic N) is 2. The molecule has 0 saturated heterocycles. The van der Waals surface area contributed by atoms with Crippen molar-refractivity contribution in [2.24, 2.45) is 0 Å². The molecule has 238 valence electrons. The van der Waals surface area contributed by atoms with Gasteiger partial charge in [-0.1, -0.05) is 55.8 Å². The van der Waals surface area contributed by atoms with Gasteiger partial charge in [0.05, 0.1) is 16.6 Å². The Balaban J connectivity index is 1.52. The van der Waals surface area contributed by atoms with Crippen LogP contribution in [0.4, 0.5) is 10.5 Å². The van der Waals surface area contributed by atoms with Gasteiger partial charge in [-0.25, -0.2) is 14.6 Å². The highest BCUT2D eigenvalue weighted by Gasteiger charge is 2.21. The Morgan fingerprint density at radius 1 is 0.867 bits per heavy atom. The molecular weight excluding hydrogens is 568 g/mol. The van der Waals surface area contributed by atoms with Gasteiger partial charge in [-0.15, -0.1) is 0 Å². The van der Waals surface area contributed by atoms with Crippen molar-refractivity contribution in [2.75, 3.05) is 11.9 Å². The predicted molar refractivity (Wildman–Crippen MR) is 177 cm³/mol. The van der Waals surface area contributed by atoms with Crippen molar-refractivity contribution in [1.82, 2.24) is 14.9 Å². The Bertz CT molecular complexity index is 1660. The topological polar surface area (TPSA) is 112 Å². The lowest BCUT2D eigenvalue weighted by Gasteiger charge is -2.20. The smallest absolute Gasteiger partial charge is 0.408 e. The first-order chi connectivity index (χ1) is 21.2. The fourth-order valence-corrected chi connectivity index (χ4v) is 4.85. The number of rotatable bonds is 10. The van der Waals surface area contributed by atoms with Crippen LogP contribution in [-0.2, 0) is 27.2 Å². The number of amides is 2. The Morgan fingerprint density at radius 2 is 1.56 bits per heavy atom. The molecule has 0 unspecified atom stereocenters. The third-order valence-electron chi connectivity index (χ3n) is 6.81. The van der Waals surface area contributed by atoms with Crippen LogP contribution >= 0.6 is 0 Å². The minimum absolute atomic E-state index is 0.207. The highest BCUT2D eigenvalue weighted by molar-refractivity contribution is 5.97. The summed E-state index contributed by atoms with van der Waals surface area (Å²) >= 11 is 0. The van der Waals surface area contributed by atoms with Gasteiger partial charge in [0.25, 0.3) is 0 Å². The van der Waals surface area contributed by atoms with E-state index in [1.807, 2.05) is 69.3 Å². The average molecular weight is 613 g/mol. The molecule has 9 nitrogen and oxygen atoms in total. The minimum atomic E-state index is -0.646. The fraction of sp³-hybridized carbons (Fsp3) is 0.389. The summed E-state index contributed by atoms with van der Waals surface area (Å²) in [5.41, 5.74) is 4.50. The van der Waals surface area contributed by atoms with E-state index in [1.165, 1.54) is 0 Å². The number of ether oxygens (including phenoxy) is 2. The van der Waals surface area contributed by atoms with E-state index < -0.39 is 17.3 Å². The number of aromatic nitrogens is 2. The van der Waals surface area contributed by atoms with Crippen molar-refractivity contribution in [3.05, 3.63) is 83.7 Å². The van der Waals surface area contributed by atoms with Crippen molar-refractivity contribution in [1.29, 1.82) is 0 Å². The van der Waals surface area contributed by atoms with Crippen molar-refractivity contribution in [3.63, 3.8) is 0 Å².